The molecule has 0 aliphatic heterocycles. The van der Waals surface area contributed by atoms with Gasteiger partial charge in [-0.05, 0) is 37.6 Å². The highest BCUT2D eigenvalue weighted by Crippen LogP contribution is 2.27. The molecule has 0 fully saturated rings. The summed E-state index contributed by atoms with van der Waals surface area (Å²) in [7, 11) is 1.90. The molecule has 1 unspecified atom stereocenters. The first-order valence-corrected chi connectivity index (χ1v) is 6.99. The summed E-state index contributed by atoms with van der Waals surface area (Å²) in [6, 6.07) is 7.06. The van der Waals surface area contributed by atoms with E-state index in [-0.39, 0.29) is 11.9 Å². The molecule has 1 atom stereocenters. The van der Waals surface area contributed by atoms with Crippen molar-refractivity contribution < 1.29 is 8.81 Å². The van der Waals surface area contributed by atoms with Crippen LogP contribution < -0.4 is 5.32 Å². The summed E-state index contributed by atoms with van der Waals surface area (Å²) >= 11 is 1.79. The Morgan fingerprint density at radius 2 is 2.29 bits per heavy atom. The van der Waals surface area contributed by atoms with Crippen LogP contribution >= 0.6 is 11.8 Å². The van der Waals surface area contributed by atoms with Crippen molar-refractivity contribution >= 4 is 22.7 Å². The number of para-hydroxylation sites is 1. The molecule has 0 saturated heterocycles. The van der Waals surface area contributed by atoms with Gasteiger partial charge in [0.05, 0.1) is 6.04 Å². The van der Waals surface area contributed by atoms with Gasteiger partial charge in [-0.2, -0.15) is 11.8 Å². The Kier molecular flexibility index (Phi) is 4.07. The van der Waals surface area contributed by atoms with Gasteiger partial charge in [0.1, 0.15) is 5.76 Å². The molecule has 17 heavy (non-hydrogen) atoms. The minimum Gasteiger partial charge on any atom is -0.456 e. The smallest absolute Gasteiger partial charge is 0.169 e. The van der Waals surface area contributed by atoms with E-state index >= 15 is 0 Å². The van der Waals surface area contributed by atoms with Crippen LogP contribution in [0.2, 0.25) is 0 Å². The molecular weight excluding hydrogens is 237 g/mol. The van der Waals surface area contributed by atoms with Crippen molar-refractivity contribution in [3.63, 3.8) is 0 Å². The monoisotopic (exact) mass is 253 g/mol. The molecule has 1 aromatic carbocycles. The molecule has 0 amide bonds. The number of benzene rings is 1. The van der Waals surface area contributed by atoms with Gasteiger partial charge in [-0.15, -0.1) is 0 Å². The molecule has 1 N–H and O–H groups in total. The van der Waals surface area contributed by atoms with E-state index in [1.807, 2.05) is 19.2 Å². The number of thioether (sulfide) groups is 1. The van der Waals surface area contributed by atoms with Crippen molar-refractivity contribution in [2.45, 2.75) is 12.5 Å². The van der Waals surface area contributed by atoms with E-state index in [1.165, 1.54) is 6.07 Å². The molecule has 92 valence electrons. The number of nitrogens with one attached hydrogen (secondary N) is 1. The molecule has 2 aromatic rings. The Labute approximate surface area is 105 Å². The van der Waals surface area contributed by atoms with E-state index in [1.54, 1.807) is 17.8 Å². The summed E-state index contributed by atoms with van der Waals surface area (Å²) in [6.07, 6.45) is 3.05. The van der Waals surface area contributed by atoms with Gasteiger partial charge < -0.3 is 9.73 Å². The van der Waals surface area contributed by atoms with Crippen molar-refractivity contribution in [1.29, 1.82) is 0 Å². The maximum absolute atomic E-state index is 13.5. The van der Waals surface area contributed by atoms with Crippen LogP contribution in [0.1, 0.15) is 18.2 Å². The first kappa shape index (κ1) is 12.5. The Hall–Kier alpha value is -1.00. The van der Waals surface area contributed by atoms with Gasteiger partial charge >= 0.3 is 0 Å². The van der Waals surface area contributed by atoms with E-state index < -0.39 is 0 Å². The van der Waals surface area contributed by atoms with Gasteiger partial charge in [0.2, 0.25) is 0 Å². The second-order valence-electron chi connectivity index (χ2n) is 3.93. The highest BCUT2D eigenvalue weighted by molar-refractivity contribution is 7.98. The number of halogens is 1. The van der Waals surface area contributed by atoms with E-state index in [9.17, 15) is 4.39 Å². The largest absolute Gasteiger partial charge is 0.456 e. The van der Waals surface area contributed by atoms with Crippen molar-refractivity contribution in [3.05, 3.63) is 35.8 Å². The lowest BCUT2D eigenvalue weighted by Crippen LogP contribution is -2.16. The van der Waals surface area contributed by atoms with E-state index in [0.29, 0.717) is 5.58 Å². The fraction of sp³-hybridized carbons (Fsp3) is 0.385. The molecule has 0 spiro atoms. The lowest BCUT2D eigenvalue weighted by molar-refractivity contribution is 0.438. The maximum atomic E-state index is 13.5. The minimum atomic E-state index is -0.298. The first-order chi connectivity index (χ1) is 8.26. The molecule has 1 aromatic heterocycles. The fourth-order valence-corrected chi connectivity index (χ4v) is 2.36. The molecule has 1 heterocycles. The standard InChI is InChI=1S/C13H16FNOS/c1-15-11(6-7-17-2)12-8-9-4-3-5-10(14)13(9)16-12/h3-5,8,11,15H,6-7H2,1-2H3. The SMILES string of the molecule is CNC(CCSC)c1cc2cccc(F)c2o1. The lowest BCUT2D eigenvalue weighted by atomic mass is 10.1. The summed E-state index contributed by atoms with van der Waals surface area (Å²) < 4.78 is 19.1. The average molecular weight is 253 g/mol. The zero-order chi connectivity index (χ0) is 12.3. The topological polar surface area (TPSA) is 25.2 Å². The van der Waals surface area contributed by atoms with Gasteiger partial charge in [-0.25, -0.2) is 4.39 Å². The normalized spacial score (nSPS) is 13.1. The number of hydrogen-bond acceptors (Lipinski definition) is 3. The van der Waals surface area contributed by atoms with E-state index in [4.69, 9.17) is 4.42 Å². The van der Waals surface area contributed by atoms with Crippen molar-refractivity contribution in [2.24, 2.45) is 0 Å². The molecule has 0 aliphatic rings. The van der Waals surface area contributed by atoms with Crippen LogP contribution in [0.5, 0.6) is 0 Å². The summed E-state index contributed by atoms with van der Waals surface area (Å²) in [5.41, 5.74) is 0.354. The van der Waals surface area contributed by atoms with Crippen molar-refractivity contribution in [1.82, 2.24) is 5.32 Å². The molecule has 2 rings (SSSR count). The van der Waals surface area contributed by atoms with Crippen LogP contribution in [0.4, 0.5) is 4.39 Å². The van der Waals surface area contributed by atoms with Gasteiger partial charge in [0, 0.05) is 5.39 Å². The van der Waals surface area contributed by atoms with Crippen LogP contribution in [0, 0.1) is 5.82 Å². The Bertz CT molecular complexity index is 497. The molecule has 0 radical (unpaired) electrons. The Morgan fingerprint density at radius 1 is 1.47 bits per heavy atom. The van der Waals surface area contributed by atoms with Crippen LogP contribution in [0.25, 0.3) is 11.0 Å². The molecular formula is C13H16FNOS. The van der Waals surface area contributed by atoms with Crippen LogP contribution in [-0.2, 0) is 0 Å². The van der Waals surface area contributed by atoms with E-state index in [0.717, 1.165) is 23.3 Å². The fourth-order valence-electron chi connectivity index (χ4n) is 1.88. The highest BCUT2D eigenvalue weighted by Gasteiger charge is 2.15. The molecule has 0 aliphatic carbocycles. The summed E-state index contributed by atoms with van der Waals surface area (Å²) in [5, 5.41) is 4.03. The quantitative estimate of drug-likeness (QED) is 0.881. The molecule has 0 bridgehead atoms. The summed E-state index contributed by atoms with van der Waals surface area (Å²) in [5.74, 6) is 1.56. The number of rotatable bonds is 5. The molecule has 4 heteroatoms. The zero-order valence-electron chi connectivity index (χ0n) is 10.00. The van der Waals surface area contributed by atoms with Gasteiger partial charge in [0.15, 0.2) is 11.4 Å². The van der Waals surface area contributed by atoms with Gasteiger partial charge in [0.25, 0.3) is 0 Å². The molecule has 0 saturated carbocycles. The third-order valence-corrected chi connectivity index (χ3v) is 3.46. The van der Waals surface area contributed by atoms with Crippen molar-refractivity contribution in [3.8, 4) is 0 Å². The van der Waals surface area contributed by atoms with Gasteiger partial charge in [-0.3, -0.25) is 0 Å². The van der Waals surface area contributed by atoms with Crippen LogP contribution in [-0.4, -0.2) is 19.1 Å². The van der Waals surface area contributed by atoms with E-state index in [2.05, 4.69) is 11.6 Å². The van der Waals surface area contributed by atoms with Crippen LogP contribution in [0.15, 0.2) is 28.7 Å². The lowest BCUT2D eigenvalue weighted by Gasteiger charge is -2.12. The van der Waals surface area contributed by atoms with Gasteiger partial charge in [-0.1, -0.05) is 12.1 Å². The Morgan fingerprint density at radius 3 is 2.94 bits per heavy atom. The third kappa shape index (κ3) is 2.64. The third-order valence-electron chi connectivity index (χ3n) is 2.82. The first-order valence-electron chi connectivity index (χ1n) is 5.60. The number of furan rings is 1. The second-order valence-corrected chi connectivity index (χ2v) is 4.92. The predicted octanol–water partition coefficient (Wildman–Crippen LogP) is 3.59. The maximum Gasteiger partial charge on any atom is 0.169 e. The summed E-state index contributed by atoms with van der Waals surface area (Å²) in [4.78, 5) is 0. The predicted molar refractivity (Wildman–Crippen MR) is 71.0 cm³/mol. The highest BCUT2D eigenvalue weighted by atomic mass is 32.2. The van der Waals surface area contributed by atoms with Crippen LogP contribution in [0.3, 0.4) is 0 Å². The number of fused-ring (bicyclic) bond motifs is 1. The second kappa shape index (κ2) is 5.56. The average Bonchev–Trinajstić information content (AvgIpc) is 2.75. The van der Waals surface area contributed by atoms with Crippen molar-refractivity contribution in [2.75, 3.05) is 19.1 Å². The molecule has 2 nitrogen and oxygen atoms in total. The number of hydrogen-bond donors (Lipinski definition) is 1. The minimum absolute atomic E-state index is 0.147. The zero-order valence-corrected chi connectivity index (χ0v) is 10.8. The Balaban J connectivity index is 2.31. The summed E-state index contributed by atoms with van der Waals surface area (Å²) in [6.45, 7) is 0.